The fraction of sp³-hybridized carbons (Fsp3) is 0.474. The van der Waals surface area contributed by atoms with Crippen LogP contribution in [-0.2, 0) is 0 Å². The van der Waals surface area contributed by atoms with Crippen LogP contribution in [0.3, 0.4) is 0 Å². The van der Waals surface area contributed by atoms with Crippen molar-refractivity contribution in [1.29, 1.82) is 0 Å². The van der Waals surface area contributed by atoms with Crippen molar-refractivity contribution in [2.75, 3.05) is 7.11 Å². The van der Waals surface area contributed by atoms with Crippen molar-refractivity contribution in [1.82, 2.24) is 14.9 Å². The third-order valence-electron chi connectivity index (χ3n) is 4.80. The second-order valence-corrected chi connectivity index (χ2v) is 6.86. The summed E-state index contributed by atoms with van der Waals surface area (Å²) in [6, 6.07) is 7.45. The van der Waals surface area contributed by atoms with Crippen LogP contribution < -0.4 is 10.1 Å². The lowest BCUT2D eigenvalue weighted by Crippen LogP contribution is -2.42. The van der Waals surface area contributed by atoms with E-state index in [9.17, 15) is 9.90 Å². The molecule has 134 valence electrons. The summed E-state index contributed by atoms with van der Waals surface area (Å²) in [6.45, 7) is 4.09. The van der Waals surface area contributed by atoms with Crippen LogP contribution in [0, 0.1) is 5.92 Å². The normalized spacial score (nSPS) is 20.8. The van der Waals surface area contributed by atoms with Crippen LogP contribution >= 0.6 is 0 Å². The van der Waals surface area contributed by atoms with Gasteiger partial charge < -0.3 is 19.7 Å². The second-order valence-electron chi connectivity index (χ2n) is 6.86. The number of ether oxygens (including phenoxy) is 1. The number of aromatic nitrogens is 2. The maximum absolute atomic E-state index is 12.8. The number of hydrogen-bond acceptors (Lipinski definition) is 4. The Balaban J connectivity index is 1.82. The molecular formula is C19H25N3O3. The predicted molar refractivity (Wildman–Crippen MR) is 94.5 cm³/mol. The van der Waals surface area contributed by atoms with E-state index in [1.807, 2.05) is 42.8 Å². The first kappa shape index (κ1) is 17.5. The molecule has 0 saturated heterocycles. The van der Waals surface area contributed by atoms with E-state index in [2.05, 4.69) is 10.3 Å². The van der Waals surface area contributed by atoms with Gasteiger partial charge in [0.05, 0.1) is 19.3 Å². The molecule has 0 radical (unpaired) electrons. The molecule has 0 aromatic carbocycles. The Morgan fingerprint density at radius 2 is 2.12 bits per heavy atom. The molecule has 1 saturated carbocycles. The number of rotatable bonds is 6. The third kappa shape index (κ3) is 3.69. The van der Waals surface area contributed by atoms with Crippen LogP contribution in [0.4, 0.5) is 0 Å². The van der Waals surface area contributed by atoms with Crippen molar-refractivity contribution in [2.45, 2.75) is 44.9 Å². The lowest BCUT2D eigenvalue weighted by molar-refractivity contribution is 0.0233. The van der Waals surface area contributed by atoms with Gasteiger partial charge in [0, 0.05) is 24.5 Å². The molecule has 1 aliphatic carbocycles. The van der Waals surface area contributed by atoms with Crippen LogP contribution in [-0.4, -0.2) is 33.8 Å². The molecule has 0 aliphatic heterocycles. The lowest BCUT2D eigenvalue weighted by Gasteiger charge is -2.38. The highest BCUT2D eigenvalue weighted by Gasteiger charge is 2.36. The van der Waals surface area contributed by atoms with E-state index in [4.69, 9.17) is 4.74 Å². The van der Waals surface area contributed by atoms with Gasteiger partial charge in [-0.2, -0.15) is 0 Å². The SMILES string of the molecule is COc1ccc(C(NC(=O)c2cccn2C(C)C)C2CC(O)C2)cn1. The van der Waals surface area contributed by atoms with Gasteiger partial charge in [-0.15, -0.1) is 0 Å². The third-order valence-corrected chi connectivity index (χ3v) is 4.80. The Hall–Kier alpha value is -2.34. The molecule has 3 rings (SSSR count). The summed E-state index contributed by atoms with van der Waals surface area (Å²) >= 11 is 0. The van der Waals surface area contributed by atoms with Crippen LogP contribution in [0.2, 0.25) is 0 Å². The lowest BCUT2D eigenvalue weighted by atomic mass is 9.75. The number of pyridine rings is 1. The Labute approximate surface area is 147 Å². The second kappa shape index (κ2) is 7.27. The Morgan fingerprint density at radius 1 is 1.36 bits per heavy atom. The smallest absolute Gasteiger partial charge is 0.268 e. The van der Waals surface area contributed by atoms with Gasteiger partial charge >= 0.3 is 0 Å². The van der Waals surface area contributed by atoms with Gasteiger partial charge in [-0.25, -0.2) is 4.98 Å². The van der Waals surface area contributed by atoms with Gasteiger partial charge in [0.1, 0.15) is 5.69 Å². The molecule has 2 aromatic rings. The zero-order chi connectivity index (χ0) is 18.0. The minimum atomic E-state index is -0.282. The van der Waals surface area contributed by atoms with Crippen LogP contribution in [0.1, 0.15) is 54.8 Å². The van der Waals surface area contributed by atoms with Gasteiger partial charge in [-0.05, 0) is 50.3 Å². The number of amides is 1. The first-order valence-corrected chi connectivity index (χ1v) is 8.65. The van der Waals surface area contributed by atoms with E-state index >= 15 is 0 Å². The highest BCUT2D eigenvalue weighted by atomic mass is 16.5. The zero-order valence-corrected chi connectivity index (χ0v) is 14.8. The number of methoxy groups -OCH3 is 1. The van der Waals surface area contributed by atoms with Crippen molar-refractivity contribution in [3.63, 3.8) is 0 Å². The number of aliphatic hydroxyl groups excluding tert-OH is 1. The molecular weight excluding hydrogens is 318 g/mol. The molecule has 2 heterocycles. The van der Waals surface area contributed by atoms with E-state index in [1.165, 1.54) is 0 Å². The average molecular weight is 343 g/mol. The Kier molecular flexibility index (Phi) is 5.08. The van der Waals surface area contributed by atoms with Gasteiger partial charge in [-0.3, -0.25) is 4.79 Å². The average Bonchev–Trinajstić information content (AvgIpc) is 3.07. The monoisotopic (exact) mass is 343 g/mol. The minimum Gasteiger partial charge on any atom is -0.481 e. The molecule has 2 aromatic heterocycles. The molecule has 6 heteroatoms. The van der Waals surface area contributed by atoms with Crippen LogP contribution in [0.5, 0.6) is 5.88 Å². The van der Waals surface area contributed by atoms with Gasteiger partial charge in [0.25, 0.3) is 5.91 Å². The quantitative estimate of drug-likeness (QED) is 0.845. The first-order chi connectivity index (χ1) is 12.0. The highest BCUT2D eigenvalue weighted by Crippen LogP contribution is 2.38. The first-order valence-electron chi connectivity index (χ1n) is 8.65. The Morgan fingerprint density at radius 3 is 2.68 bits per heavy atom. The molecule has 6 nitrogen and oxygen atoms in total. The molecule has 1 fully saturated rings. The predicted octanol–water partition coefficient (Wildman–Crippen LogP) is 2.71. The molecule has 1 aliphatic rings. The molecule has 1 amide bonds. The van der Waals surface area contributed by atoms with E-state index in [-0.39, 0.29) is 30.0 Å². The highest BCUT2D eigenvalue weighted by molar-refractivity contribution is 5.93. The molecule has 0 spiro atoms. The largest absolute Gasteiger partial charge is 0.481 e. The molecule has 1 atom stereocenters. The molecule has 0 bridgehead atoms. The summed E-state index contributed by atoms with van der Waals surface area (Å²) in [7, 11) is 1.57. The number of nitrogens with one attached hydrogen (secondary N) is 1. The summed E-state index contributed by atoms with van der Waals surface area (Å²) in [4.78, 5) is 17.1. The maximum atomic E-state index is 12.8. The number of carbonyl (C=O) groups is 1. The summed E-state index contributed by atoms with van der Waals surface area (Å²) < 4.78 is 7.06. The van der Waals surface area contributed by atoms with Crippen molar-refractivity contribution in [2.24, 2.45) is 5.92 Å². The zero-order valence-electron chi connectivity index (χ0n) is 14.8. The summed E-state index contributed by atoms with van der Waals surface area (Å²) in [5.41, 5.74) is 1.56. The van der Waals surface area contributed by atoms with E-state index in [1.54, 1.807) is 19.4 Å². The summed E-state index contributed by atoms with van der Waals surface area (Å²) in [5.74, 6) is 0.633. The van der Waals surface area contributed by atoms with Gasteiger partial charge in [0.15, 0.2) is 0 Å². The number of carbonyl (C=O) groups excluding carboxylic acids is 1. The fourth-order valence-corrected chi connectivity index (χ4v) is 3.32. The van der Waals surface area contributed by atoms with Crippen LogP contribution in [0.15, 0.2) is 36.7 Å². The number of aliphatic hydroxyl groups is 1. The topological polar surface area (TPSA) is 76.4 Å². The van der Waals surface area contributed by atoms with Crippen LogP contribution in [0.25, 0.3) is 0 Å². The van der Waals surface area contributed by atoms with Crippen molar-refractivity contribution >= 4 is 5.91 Å². The van der Waals surface area contributed by atoms with E-state index in [0.717, 1.165) is 5.56 Å². The van der Waals surface area contributed by atoms with E-state index in [0.29, 0.717) is 24.4 Å². The van der Waals surface area contributed by atoms with Crippen molar-refractivity contribution in [3.8, 4) is 5.88 Å². The standard InChI is InChI=1S/C19H25N3O3/c1-12(2)22-8-4-5-16(22)19(24)21-18(14-9-15(23)10-14)13-6-7-17(25-3)20-11-13/h4-8,11-12,14-15,18,23H,9-10H2,1-3H3,(H,21,24). The van der Waals surface area contributed by atoms with Gasteiger partial charge in [-0.1, -0.05) is 6.07 Å². The molecule has 25 heavy (non-hydrogen) atoms. The molecule has 2 N–H and O–H groups in total. The summed E-state index contributed by atoms with van der Waals surface area (Å²) in [6.07, 6.45) is 4.73. The molecule has 1 unspecified atom stereocenters. The minimum absolute atomic E-state index is 0.110. The van der Waals surface area contributed by atoms with Gasteiger partial charge in [0.2, 0.25) is 5.88 Å². The van der Waals surface area contributed by atoms with Crippen molar-refractivity contribution < 1.29 is 14.6 Å². The number of nitrogens with zero attached hydrogens (tertiary/aromatic N) is 2. The summed E-state index contributed by atoms with van der Waals surface area (Å²) in [5, 5.41) is 12.8. The number of hydrogen-bond donors (Lipinski definition) is 2. The Bertz CT molecular complexity index is 718. The van der Waals surface area contributed by atoms with E-state index < -0.39 is 0 Å². The maximum Gasteiger partial charge on any atom is 0.268 e. The van der Waals surface area contributed by atoms with Crippen molar-refractivity contribution in [3.05, 3.63) is 47.9 Å². The fourth-order valence-electron chi connectivity index (χ4n) is 3.32.